The van der Waals surface area contributed by atoms with Gasteiger partial charge in [-0.25, -0.2) is 10.2 Å². The number of carbonyl (C=O) groups excluding carboxylic acids is 1. The summed E-state index contributed by atoms with van der Waals surface area (Å²) >= 11 is 9.37. The molecule has 0 saturated heterocycles. The van der Waals surface area contributed by atoms with Crippen LogP contribution in [0.1, 0.15) is 21.5 Å². The third-order valence-corrected chi connectivity index (χ3v) is 6.46. The lowest BCUT2D eigenvalue weighted by Gasteiger charge is -2.14. The summed E-state index contributed by atoms with van der Waals surface area (Å²) in [5, 5.41) is 13.8. The number of amides is 1. The SMILES string of the molecule is COc1cc(/C=N\NC(=O)CSc2ccc(Cl)cc2)cc(I)c1OCc1cccc(C(=O)O)c1. The van der Waals surface area contributed by atoms with Crippen LogP contribution in [0.15, 0.2) is 70.7 Å². The lowest BCUT2D eigenvalue weighted by Crippen LogP contribution is -2.19. The number of rotatable bonds is 10. The molecule has 176 valence electrons. The highest BCUT2D eigenvalue weighted by Gasteiger charge is 2.12. The van der Waals surface area contributed by atoms with Gasteiger partial charge in [0.2, 0.25) is 5.91 Å². The number of ether oxygens (including phenoxy) is 2. The molecule has 0 aliphatic heterocycles. The Morgan fingerprint density at radius 2 is 1.94 bits per heavy atom. The van der Waals surface area contributed by atoms with E-state index in [0.717, 1.165) is 14.0 Å². The molecule has 3 aromatic rings. The zero-order valence-electron chi connectivity index (χ0n) is 18.0. The second kappa shape index (κ2) is 12.6. The van der Waals surface area contributed by atoms with Crippen molar-refractivity contribution in [2.75, 3.05) is 12.9 Å². The molecule has 0 radical (unpaired) electrons. The highest BCUT2D eigenvalue weighted by Crippen LogP contribution is 2.34. The number of halogens is 2. The van der Waals surface area contributed by atoms with Crippen molar-refractivity contribution in [1.29, 1.82) is 0 Å². The number of carbonyl (C=O) groups is 2. The van der Waals surface area contributed by atoms with Crippen LogP contribution < -0.4 is 14.9 Å². The Morgan fingerprint density at radius 1 is 1.18 bits per heavy atom. The molecule has 0 aliphatic carbocycles. The minimum absolute atomic E-state index is 0.183. The monoisotopic (exact) mass is 610 g/mol. The second-order valence-electron chi connectivity index (χ2n) is 6.86. The lowest BCUT2D eigenvalue weighted by molar-refractivity contribution is -0.118. The fourth-order valence-electron chi connectivity index (χ4n) is 2.79. The number of hydrogen-bond acceptors (Lipinski definition) is 6. The van der Waals surface area contributed by atoms with Crippen LogP contribution in [0.5, 0.6) is 11.5 Å². The predicted molar refractivity (Wildman–Crippen MR) is 141 cm³/mol. The van der Waals surface area contributed by atoms with Gasteiger partial charge >= 0.3 is 5.97 Å². The van der Waals surface area contributed by atoms with E-state index in [1.165, 1.54) is 31.2 Å². The topological polar surface area (TPSA) is 97.2 Å². The minimum atomic E-state index is -0.992. The van der Waals surface area contributed by atoms with Crippen LogP contribution in [0, 0.1) is 3.57 Å². The van der Waals surface area contributed by atoms with Crippen LogP contribution in [0.25, 0.3) is 0 Å². The van der Waals surface area contributed by atoms with E-state index >= 15 is 0 Å². The molecule has 2 N–H and O–H groups in total. The Hall–Kier alpha value is -2.76. The first-order valence-corrected chi connectivity index (χ1v) is 12.3. The zero-order valence-corrected chi connectivity index (χ0v) is 21.7. The maximum Gasteiger partial charge on any atom is 0.335 e. The summed E-state index contributed by atoms with van der Waals surface area (Å²) in [5.41, 5.74) is 4.14. The highest BCUT2D eigenvalue weighted by molar-refractivity contribution is 14.1. The van der Waals surface area contributed by atoms with Crippen molar-refractivity contribution in [1.82, 2.24) is 5.43 Å². The molecule has 34 heavy (non-hydrogen) atoms. The van der Waals surface area contributed by atoms with E-state index in [4.69, 9.17) is 26.2 Å². The fraction of sp³-hybridized carbons (Fsp3) is 0.125. The summed E-state index contributed by atoms with van der Waals surface area (Å²) in [6, 6.07) is 17.4. The Kier molecular flexibility index (Phi) is 9.61. The van der Waals surface area contributed by atoms with Gasteiger partial charge in [-0.3, -0.25) is 4.79 Å². The standard InChI is InChI=1S/C24H20ClIN2O5S/c1-32-21-11-16(12-27-28-22(29)14-34-19-7-5-18(25)6-8-19)10-20(26)23(21)33-13-15-3-2-4-17(9-15)24(30)31/h2-12H,13-14H2,1H3,(H,28,29)(H,30,31)/b27-12-. The van der Waals surface area contributed by atoms with E-state index in [2.05, 4.69) is 33.1 Å². The van der Waals surface area contributed by atoms with Gasteiger partial charge in [0, 0.05) is 9.92 Å². The fourth-order valence-corrected chi connectivity index (χ4v) is 4.39. The van der Waals surface area contributed by atoms with E-state index in [0.29, 0.717) is 22.1 Å². The first-order chi connectivity index (χ1) is 16.4. The zero-order chi connectivity index (χ0) is 24.5. The van der Waals surface area contributed by atoms with Crippen LogP contribution in [0.3, 0.4) is 0 Å². The Balaban J connectivity index is 1.59. The molecular formula is C24H20ClIN2O5S. The molecule has 1 amide bonds. The molecular weight excluding hydrogens is 591 g/mol. The van der Waals surface area contributed by atoms with Gasteiger partial charge in [0.15, 0.2) is 11.5 Å². The van der Waals surface area contributed by atoms with E-state index in [1.807, 2.05) is 18.2 Å². The van der Waals surface area contributed by atoms with Gasteiger partial charge < -0.3 is 14.6 Å². The normalized spacial score (nSPS) is 10.8. The van der Waals surface area contributed by atoms with Crippen molar-refractivity contribution in [2.45, 2.75) is 11.5 Å². The molecule has 3 rings (SSSR count). The van der Waals surface area contributed by atoms with Crippen molar-refractivity contribution in [2.24, 2.45) is 5.10 Å². The average Bonchev–Trinajstić information content (AvgIpc) is 2.83. The molecule has 0 fully saturated rings. The summed E-state index contributed by atoms with van der Waals surface area (Å²) in [6.45, 7) is 0.183. The molecule has 0 aromatic heterocycles. The number of carboxylic acid groups (broad SMARTS) is 1. The molecule has 0 heterocycles. The third-order valence-electron chi connectivity index (χ3n) is 4.40. The number of nitrogens with one attached hydrogen (secondary N) is 1. The van der Waals surface area contributed by atoms with Crippen molar-refractivity contribution < 1.29 is 24.2 Å². The van der Waals surface area contributed by atoms with Crippen LogP contribution in [0.4, 0.5) is 0 Å². The van der Waals surface area contributed by atoms with Gasteiger partial charge in [-0.2, -0.15) is 5.10 Å². The molecule has 3 aromatic carbocycles. The van der Waals surface area contributed by atoms with Gasteiger partial charge in [-0.05, 0) is 82.2 Å². The molecule has 0 aliphatic rings. The molecule has 0 spiro atoms. The summed E-state index contributed by atoms with van der Waals surface area (Å²) < 4.78 is 12.1. The van der Waals surface area contributed by atoms with Gasteiger partial charge in [0.1, 0.15) is 6.61 Å². The van der Waals surface area contributed by atoms with Gasteiger partial charge in [-0.1, -0.05) is 23.7 Å². The van der Waals surface area contributed by atoms with E-state index in [9.17, 15) is 9.59 Å². The van der Waals surface area contributed by atoms with Crippen LogP contribution in [0.2, 0.25) is 5.02 Å². The molecule has 7 nitrogen and oxygen atoms in total. The maximum atomic E-state index is 12.0. The van der Waals surface area contributed by atoms with Crippen molar-refractivity contribution in [3.8, 4) is 11.5 Å². The minimum Gasteiger partial charge on any atom is -0.493 e. The molecule has 0 saturated carbocycles. The number of hydrogen-bond donors (Lipinski definition) is 2. The Labute approximate surface area is 219 Å². The van der Waals surface area contributed by atoms with Gasteiger partial charge in [0.25, 0.3) is 0 Å². The smallest absolute Gasteiger partial charge is 0.335 e. The van der Waals surface area contributed by atoms with Crippen molar-refractivity contribution in [3.05, 3.63) is 85.9 Å². The van der Waals surface area contributed by atoms with Crippen LogP contribution >= 0.6 is 46.0 Å². The number of nitrogens with zero attached hydrogens (tertiary/aromatic N) is 1. The summed E-state index contributed by atoms with van der Waals surface area (Å²) in [6.07, 6.45) is 1.52. The predicted octanol–water partition coefficient (Wildman–Crippen LogP) is 5.47. The second-order valence-corrected chi connectivity index (χ2v) is 9.51. The summed E-state index contributed by atoms with van der Waals surface area (Å²) in [5.74, 6) is 0.0156. The lowest BCUT2D eigenvalue weighted by atomic mass is 10.1. The highest BCUT2D eigenvalue weighted by atomic mass is 127. The van der Waals surface area contributed by atoms with Crippen LogP contribution in [-0.4, -0.2) is 36.1 Å². The molecule has 0 unspecified atom stereocenters. The first-order valence-electron chi connectivity index (χ1n) is 9.88. The quantitative estimate of drug-likeness (QED) is 0.137. The number of aromatic carboxylic acids is 1. The molecule has 0 bridgehead atoms. The molecule has 10 heteroatoms. The maximum absolute atomic E-state index is 12.0. The van der Waals surface area contributed by atoms with E-state index in [-0.39, 0.29) is 23.8 Å². The van der Waals surface area contributed by atoms with E-state index < -0.39 is 5.97 Å². The average molecular weight is 611 g/mol. The number of methoxy groups -OCH3 is 1. The Bertz CT molecular complexity index is 1200. The number of carboxylic acids is 1. The van der Waals surface area contributed by atoms with E-state index in [1.54, 1.807) is 36.4 Å². The summed E-state index contributed by atoms with van der Waals surface area (Å²) in [4.78, 5) is 24.1. The van der Waals surface area contributed by atoms with Crippen LogP contribution in [-0.2, 0) is 11.4 Å². The largest absolute Gasteiger partial charge is 0.493 e. The summed E-state index contributed by atoms with van der Waals surface area (Å²) in [7, 11) is 1.53. The Morgan fingerprint density at radius 3 is 2.65 bits per heavy atom. The van der Waals surface area contributed by atoms with Gasteiger partial charge in [-0.15, -0.1) is 11.8 Å². The first kappa shape index (κ1) is 25.9. The van der Waals surface area contributed by atoms with Crippen molar-refractivity contribution in [3.63, 3.8) is 0 Å². The van der Waals surface area contributed by atoms with Crippen molar-refractivity contribution >= 4 is 64.0 Å². The number of thioether (sulfide) groups is 1. The third kappa shape index (κ3) is 7.64. The molecule has 0 atom stereocenters. The van der Waals surface area contributed by atoms with Gasteiger partial charge in [0.05, 0.1) is 28.2 Å². The number of hydrazone groups is 1. The number of benzene rings is 3.